The number of carbonyl (C=O) groups is 1. The van der Waals surface area contributed by atoms with Crippen molar-refractivity contribution in [2.24, 2.45) is 0 Å². The summed E-state index contributed by atoms with van der Waals surface area (Å²) < 4.78 is 11.4. The van der Waals surface area contributed by atoms with E-state index in [-0.39, 0.29) is 19.2 Å². The van der Waals surface area contributed by atoms with Gasteiger partial charge in [-0.1, -0.05) is 6.92 Å². The molecule has 9 heteroatoms. The summed E-state index contributed by atoms with van der Waals surface area (Å²) in [5, 5.41) is 14.0. The standard InChI is InChI=1S/C21H23N5O4/c1-3-14-8-16(12-23-10-14)30-18-9-19(26-21(28)22-2)24-13-17(18)15-4-5-20(25-11-15)29-7-6-27/h4-5,8-13,27H,3,6-7H2,1-2H3,(H2,22,24,26,28). The minimum Gasteiger partial charge on any atom is -0.475 e. The number of carbonyl (C=O) groups excluding carboxylic acids is 1. The third-order valence-electron chi connectivity index (χ3n) is 4.13. The zero-order chi connectivity index (χ0) is 21.3. The van der Waals surface area contributed by atoms with Crippen LogP contribution < -0.4 is 20.1 Å². The Bertz CT molecular complexity index is 995. The lowest BCUT2D eigenvalue weighted by atomic mass is 10.1. The number of aryl methyl sites for hydroxylation is 1. The predicted octanol–water partition coefficient (Wildman–Crippen LogP) is 3.02. The molecule has 0 aliphatic heterocycles. The van der Waals surface area contributed by atoms with Crippen molar-refractivity contribution in [1.82, 2.24) is 20.3 Å². The molecule has 0 aliphatic carbocycles. The number of amides is 2. The van der Waals surface area contributed by atoms with Crippen LogP contribution in [0, 0.1) is 0 Å². The van der Waals surface area contributed by atoms with Gasteiger partial charge in [0.15, 0.2) is 0 Å². The van der Waals surface area contributed by atoms with E-state index in [9.17, 15) is 4.79 Å². The molecule has 0 aromatic carbocycles. The first-order chi connectivity index (χ1) is 14.6. The fourth-order valence-electron chi connectivity index (χ4n) is 2.60. The third-order valence-corrected chi connectivity index (χ3v) is 4.13. The molecule has 3 aromatic heterocycles. The first-order valence-corrected chi connectivity index (χ1v) is 9.43. The molecule has 0 fully saturated rings. The molecule has 3 aromatic rings. The Balaban J connectivity index is 1.95. The van der Waals surface area contributed by atoms with Crippen LogP contribution >= 0.6 is 0 Å². The summed E-state index contributed by atoms with van der Waals surface area (Å²) in [6.07, 6.45) is 7.47. The van der Waals surface area contributed by atoms with Crippen molar-refractivity contribution in [2.75, 3.05) is 25.6 Å². The molecule has 30 heavy (non-hydrogen) atoms. The molecule has 3 rings (SSSR count). The summed E-state index contributed by atoms with van der Waals surface area (Å²) in [5.41, 5.74) is 2.47. The number of anilines is 1. The number of urea groups is 1. The Morgan fingerprint density at radius 2 is 2.00 bits per heavy atom. The van der Waals surface area contributed by atoms with E-state index >= 15 is 0 Å². The van der Waals surface area contributed by atoms with Gasteiger partial charge in [0.2, 0.25) is 5.88 Å². The zero-order valence-corrected chi connectivity index (χ0v) is 16.8. The largest absolute Gasteiger partial charge is 0.475 e. The van der Waals surface area contributed by atoms with Gasteiger partial charge in [-0.25, -0.2) is 14.8 Å². The van der Waals surface area contributed by atoms with Gasteiger partial charge in [0.05, 0.1) is 12.8 Å². The second kappa shape index (κ2) is 10.2. The van der Waals surface area contributed by atoms with E-state index in [0.29, 0.717) is 28.8 Å². The minimum atomic E-state index is -0.386. The lowest BCUT2D eigenvalue weighted by Crippen LogP contribution is -2.24. The van der Waals surface area contributed by atoms with Crippen molar-refractivity contribution in [3.63, 3.8) is 0 Å². The van der Waals surface area contributed by atoms with Crippen molar-refractivity contribution in [3.8, 4) is 28.5 Å². The van der Waals surface area contributed by atoms with Gasteiger partial charge < -0.3 is 19.9 Å². The molecule has 0 unspecified atom stereocenters. The Hall–Kier alpha value is -3.72. The maximum absolute atomic E-state index is 11.7. The second-order valence-corrected chi connectivity index (χ2v) is 6.21. The number of aliphatic hydroxyl groups is 1. The van der Waals surface area contributed by atoms with Crippen LogP contribution in [0.2, 0.25) is 0 Å². The van der Waals surface area contributed by atoms with Crippen LogP contribution in [0.25, 0.3) is 11.1 Å². The van der Waals surface area contributed by atoms with E-state index in [2.05, 4.69) is 25.6 Å². The molecule has 0 radical (unpaired) electrons. The Labute approximate surface area is 174 Å². The predicted molar refractivity (Wildman–Crippen MR) is 112 cm³/mol. The van der Waals surface area contributed by atoms with Crippen molar-refractivity contribution < 1.29 is 19.4 Å². The van der Waals surface area contributed by atoms with Crippen molar-refractivity contribution in [3.05, 3.63) is 54.6 Å². The van der Waals surface area contributed by atoms with E-state index in [1.54, 1.807) is 36.9 Å². The topological polar surface area (TPSA) is 118 Å². The van der Waals surface area contributed by atoms with Gasteiger partial charge in [0, 0.05) is 48.9 Å². The average Bonchev–Trinajstić information content (AvgIpc) is 2.78. The fraction of sp³-hybridized carbons (Fsp3) is 0.238. The van der Waals surface area contributed by atoms with Crippen molar-refractivity contribution in [1.29, 1.82) is 0 Å². The van der Waals surface area contributed by atoms with Gasteiger partial charge in [0.25, 0.3) is 0 Å². The Kier molecular flexibility index (Phi) is 7.12. The number of ether oxygens (including phenoxy) is 2. The van der Waals surface area contributed by atoms with Crippen LogP contribution in [0.5, 0.6) is 17.4 Å². The van der Waals surface area contributed by atoms with E-state index in [4.69, 9.17) is 14.6 Å². The van der Waals surface area contributed by atoms with E-state index in [0.717, 1.165) is 17.5 Å². The maximum Gasteiger partial charge on any atom is 0.320 e. The molecule has 0 aliphatic rings. The molecular formula is C21H23N5O4. The number of aromatic nitrogens is 3. The van der Waals surface area contributed by atoms with Crippen LogP contribution in [0.1, 0.15) is 12.5 Å². The molecule has 0 saturated heterocycles. The Morgan fingerprint density at radius 1 is 1.13 bits per heavy atom. The summed E-state index contributed by atoms with van der Waals surface area (Å²) in [6, 6.07) is 6.68. The van der Waals surface area contributed by atoms with Crippen LogP contribution in [0.4, 0.5) is 10.6 Å². The second-order valence-electron chi connectivity index (χ2n) is 6.21. The van der Waals surface area contributed by atoms with Gasteiger partial charge in [0.1, 0.15) is 23.9 Å². The summed E-state index contributed by atoms with van der Waals surface area (Å²) in [6.45, 7) is 2.12. The zero-order valence-electron chi connectivity index (χ0n) is 16.8. The van der Waals surface area contributed by atoms with Crippen LogP contribution in [-0.4, -0.2) is 46.4 Å². The quantitative estimate of drug-likeness (QED) is 0.523. The van der Waals surface area contributed by atoms with Gasteiger partial charge in [-0.05, 0) is 24.1 Å². The van der Waals surface area contributed by atoms with E-state index in [1.165, 1.54) is 7.05 Å². The highest BCUT2D eigenvalue weighted by molar-refractivity contribution is 5.88. The van der Waals surface area contributed by atoms with Gasteiger partial charge >= 0.3 is 6.03 Å². The van der Waals surface area contributed by atoms with E-state index in [1.807, 2.05) is 19.1 Å². The average molecular weight is 409 g/mol. The molecular weight excluding hydrogens is 386 g/mol. The molecule has 156 valence electrons. The van der Waals surface area contributed by atoms with Crippen molar-refractivity contribution >= 4 is 11.8 Å². The van der Waals surface area contributed by atoms with Gasteiger partial charge in [-0.15, -0.1) is 0 Å². The number of rotatable bonds is 8. The number of hydrogen-bond acceptors (Lipinski definition) is 7. The Morgan fingerprint density at radius 3 is 2.70 bits per heavy atom. The molecule has 0 atom stereocenters. The van der Waals surface area contributed by atoms with Crippen molar-refractivity contribution in [2.45, 2.75) is 13.3 Å². The first-order valence-electron chi connectivity index (χ1n) is 9.43. The summed E-state index contributed by atoms with van der Waals surface area (Å²) in [4.78, 5) is 24.4. The molecule has 3 N–H and O–H groups in total. The summed E-state index contributed by atoms with van der Waals surface area (Å²) in [5.74, 6) is 1.80. The highest BCUT2D eigenvalue weighted by Gasteiger charge is 2.13. The highest BCUT2D eigenvalue weighted by atomic mass is 16.5. The summed E-state index contributed by atoms with van der Waals surface area (Å²) in [7, 11) is 1.52. The number of pyridine rings is 3. The minimum absolute atomic E-state index is 0.0873. The molecule has 0 saturated carbocycles. The molecule has 2 amide bonds. The van der Waals surface area contributed by atoms with Gasteiger partial charge in [-0.2, -0.15) is 0 Å². The molecule has 3 heterocycles. The number of hydrogen-bond donors (Lipinski definition) is 3. The maximum atomic E-state index is 11.7. The SMILES string of the molecule is CCc1cncc(Oc2cc(NC(=O)NC)ncc2-c2ccc(OCCO)nc2)c1. The molecule has 9 nitrogen and oxygen atoms in total. The lowest BCUT2D eigenvalue weighted by Gasteiger charge is -2.14. The summed E-state index contributed by atoms with van der Waals surface area (Å²) >= 11 is 0. The normalized spacial score (nSPS) is 10.4. The fourth-order valence-corrected chi connectivity index (χ4v) is 2.60. The number of aliphatic hydroxyl groups excluding tert-OH is 1. The van der Waals surface area contributed by atoms with Crippen LogP contribution in [0.3, 0.4) is 0 Å². The van der Waals surface area contributed by atoms with Gasteiger partial charge in [-0.3, -0.25) is 10.3 Å². The lowest BCUT2D eigenvalue weighted by molar-refractivity contribution is 0.196. The van der Waals surface area contributed by atoms with Crippen LogP contribution in [-0.2, 0) is 6.42 Å². The molecule has 0 spiro atoms. The van der Waals surface area contributed by atoms with Crippen LogP contribution in [0.15, 0.2) is 49.1 Å². The highest BCUT2D eigenvalue weighted by Crippen LogP contribution is 2.34. The first kappa shape index (κ1) is 21.0. The third kappa shape index (κ3) is 5.42. The smallest absolute Gasteiger partial charge is 0.320 e. The van der Waals surface area contributed by atoms with E-state index < -0.39 is 0 Å². The molecule has 0 bridgehead atoms. The number of nitrogens with zero attached hydrogens (tertiary/aromatic N) is 3. The number of nitrogens with one attached hydrogen (secondary N) is 2. The monoisotopic (exact) mass is 409 g/mol.